The second kappa shape index (κ2) is 7.74. The Hall–Kier alpha value is -3.28. The molecule has 0 aliphatic heterocycles. The maximum atomic E-state index is 13.6. The predicted octanol–water partition coefficient (Wildman–Crippen LogP) is 5.03. The van der Waals surface area contributed by atoms with Gasteiger partial charge in [-0.05, 0) is 48.0 Å². The fourth-order valence-corrected chi connectivity index (χ4v) is 2.42. The van der Waals surface area contributed by atoms with E-state index in [1.807, 2.05) is 0 Å². The van der Waals surface area contributed by atoms with E-state index in [1.165, 1.54) is 12.1 Å². The predicted molar refractivity (Wildman–Crippen MR) is 94.8 cm³/mol. The van der Waals surface area contributed by atoms with Crippen LogP contribution in [0.2, 0.25) is 0 Å². The standard InChI is InChI=1S/C20H15F3N2O/c21-16-5-2-1-4-13(16)12-19(26)24-14-8-10-15(11-9-14)25-20-17(22)6-3-7-18(20)23/h1-11,25H,12H2,(H,24,26). The van der Waals surface area contributed by atoms with E-state index in [-0.39, 0.29) is 18.0 Å². The lowest BCUT2D eigenvalue weighted by Gasteiger charge is -2.10. The minimum atomic E-state index is -0.702. The van der Waals surface area contributed by atoms with Crippen LogP contribution in [0, 0.1) is 17.5 Å². The molecule has 3 aromatic carbocycles. The van der Waals surface area contributed by atoms with Crippen molar-refractivity contribution < 1.29 is 18.0 Å². The van der Waals surface area contributed by atoms with Gasteiger partial charge in [-0.3, -0.25) is 4.79 Å². The molecule has 1 amide bonds. The first-order chi connectivity index (χ1) is 12.5. The molecule has 0 fully saturated rings. The average molecular weight is 356 g/mol. The Bertz CT molecular complexity index is 906. The molecule has 0 atom stereocenters. The Morgan fingerprint density at radius 2 is 1.31 bits per heavy atom. The zero-order chi connectivity index (χ0) is 18.5. The number of hydrogen-bond acceptors (Lipinski definition) is 2. The first-order valence-corrected chi connectivity index (χ1v) is 7.87. The van der Waals surface area contributed by atoms with Crippen LogP contribution in [0.3, 0.4) is 0 Å². The number of amides is 1. The van der Waals surface area contributed by atoms with Gasteiger partial charge in [0.15, 0.2) is 0 Å². The smallest absolute Gasteiger partial charge is 0.228 e. The van der Waals surface area contributed by atoms with Crippen molar-refractivity contribution >= 4 is 23.0 Å². The summed E-state index contributed by atoms with van der Waals surface area (Å²) in [4.78, 5) is 12.0. The van der Waals surface area contributed by atoms with Crippen molar-refractivity contribution in [2.75, 3.05) is 10.6 Å². The normalized spacial score (nSPS) is 10.4. The lowest BCUT2D eigenvalue weighted by atomic mass is 10.1. The molecule has 3 rings (SSSR count). The van der Waals surface area contributed by atoms with Crippen LogP contribution >= 0.6 is 0 Å². The maximum Gasteiger partial charge on any atom is 0.228 e. The number of nitrogens with one attached hydrogen (secondary N) is 2. The maximum absolute atomic E-state index is 13.6. The van der Waals surface area contributed by atoms with E-state index < -0.39 is 17.5 Å². The van der Waals surface area contributed by atoms with Gasteiger partial charge >= 0.3 is 0 Å². The molecule has 0 saturated carbocycles. The highest BCUT2D eigenvalue weighted by atomic mass is 19.1. The summed E-state index contributed by atoms with van der Waals surface area (Å²) in [6.45, 7) is 0. The van der Waals surface area contributed by atoms with Crippen LogP contribution in [0.5, 0.6) is 0 Å². The van der Waals surface area contributed by atoms with Gasteiger partial charge in [0.05, 0.1) is 6.42 Å². The highest BCUT2D eigenvalue weighted by molar-refractivity contribution is 5.92. The molecule has 6 heteroatoms. The molecule has 3 aromatic rings. The first-order valence-electron chi connectivity index (χ1n) is 7.87. The van der Waals surface area contributed by atoms with E-state index in [0.717, 1.165) is 12.1 Å². The van der Waals surface area contributed by atoms with Gasteiger partial charge in [0.2, 0.25) is 5.91 Å². The number of carbonyl (C=O) groups is 1. The van der Waals surface area contributed by atoms with E-state index >= 15 is 0 Å². The van der Waals surface area contributed by atoms with Crippen LogP contribution in [0.15, 0.2) is 66.7 Å². The highest BCUT2D eigenvalue weighted by Crippen LogP contribution is 2.24. The zero-order valence-corrected chi connectivity index (χ0v) is 13.6. The van der Waals surface area contributed by atoms with Crippen molar-refractivity contribution in [1.82, 2.24) is 0 Å². The quantitative estimate of drug-likeness (QED) is 0.673. The molecule has 132 valence electrons. The van der Waals surface area contributed by atoms with E-state index in [0.29, 0.717) is 16.9 Å². The lowest BCUT2D eigenvalue weighted by molar-refractivity contribution is -0.115. The summed E-state index contributed by atoms with van der Waals surface area (Å²) in [5.74, 6) is -2.20. The van der Waals surface area contributed by atoms with Gasteiger partial charge in [0.1, 0.15) is 23.1 Å². The largest absolute Gasteiger partial charge is 0.351 e. The van der Waals surface area contributed by atoms with Gasteiger partial charge in [-0.15, -0.1) is 0 Å². The molecule has 0 aliphatic carbocycles. The lowest BCUT2D eigenvalue weighted by Crippen LogP contribution is -2.15. The van der Waals surface area contributed by atoms with E-state index in [2.05, 4.69) is 10.6 Å². The third-order valence-corrected chi connectivity index (χ3v) is 3.71. The molecule has 2 N–H and O–H groups in total. The van der Waals surface area contributed by atoms with Gasteiger partial charge in [0.25, 0.3) is 0 Å². The monoisotopic (exact) mass is 356 g/mol. The summed E-state index contributed by atoms with van der Waals surface area (Å²) >= 11 is 0. The van der Waals surface area contributed by atoms with Gasteiger partial charge in [-0.1, -0.05) is 24.3 Å². The van der Waals surface area contributed by atoms with E-state index in [4.69, 9.17) is 0 Å². The van der Waals surface area contributed by atoms with Crippen LogP contribution < -0.4 is 10.6 Å². The molecule has 0 spiro atoms. The van der Waals surface area contributed by atoms with Crippen LogP contribution in [0.4, 0.5) is 30.2 Å². The molecule has 0 radical (unpaired) electrons. The van der Waals surface area contributed by atoms with Crippen molar-refractivity contribution in [3.05, 3.63) is 89.7 Å². The van der Waals surface area contributed by atoms with Gasteiger partial charge in [-0.2, -0.15) is 0 Å². The number of carbonyl (C=O) groups excluding carboxylic acids is 1. The second-order valence-corrected chi connectivity index (χ2v) is 5.62. The summed E-state index contributed by atoms with van der Waals surface area (Å²) in [5, 5.41) is 5.31. The van der Waals surface area contributed by atoms with Crippen LogP contribution in [-0.4, -0.2) is 5.91 Å². The minimum Gasteiger partial charge on any atom is -0.351 e. The number of para-hydroxylation sites is 1. The fraction of sp³-hybridized carbons (Fsp3) is 0.0500. The van der Waals surface area contributed by atoms with Crippen molar-refractivity contribution in [1.29, 1.82) is 0 Å². The average Bonchev–Trinajstić information content (AvgIpc) is 2.62. The number of rotatable bonds is 5. The fourth-order valence-electron chi connectivity index (χ4n) is 2.42. The molecule has 3 nitrogen and oxygen atoms in total. The molecule has 0 unspecified atom stereocenters. The van der Waals surface area contributed by atoms with Crippen LogP contribution in [0.25, 0.3) is 0 Å². The molecule has 0 aliphatic rings. The summed E-state index contributed by atoms with van der Waals surface area (Å²) in [6, 6.07) is 16.0. The Morgan fingerprint density at radius 1 is 0.731 bits per heavy atom. The van der Waals surface area contributed by atoms with Gasteiger partial charge < -0.3 is 10.6 Å². The van der Waals surface area contributed by atoms with E-state index in [9.17, 15) is 18.0 Å². The van der Waals surface area contributed by atoms with Gasteiger partial charge in [0, 0.05) is 11.4 Å². The molecule has 0 heterocycles. The Balaban J connectivity index is 1.64. The summed E-state index contributed by atoms with van der Waals surface area (Å²) < 4.78 is 40.8. The van der Waals surface area contributed by atoms with Crippen LogP contribution in [0.1, 0.15) is 5.56 Å². The Kier molecular flexibility index (Phi) is 5.22. The van der Waals surface area contributed by atoms with Crippen LogP contribution in [-0.2, 0) is 11.2 Å². The number of halogens is 3. The third kappa shape index (κ3) is 4.22. The first kappa shape index (κ1) is 17.5. The summed E-state index contributed by atoms with van der Waals surface area (Å²) in [5.41, 5.74) is 1.01. The topological polar surface area (TPSA) is 41.1 Å². The second-order valence-electron chi connectivity index (χ2n) is 5.62. The molecule has 0 saturated heterocycles. The number of benzene rings is 3. The minimum absolute atomic E-state index is 0.0902. The number of hydrogen-bond donors (Lipinski definition) is 2. The van der Waals surface area contributed by atoms with Crippen molar-refractivity contribution in [2.45, 2.75) is 6.42 Å². The third-order valence-electron chi connectivity index (χ3n) is 3.71. The zero-order valence-electron chi connectivity index (χ0n) is 13.6. The summed E-state index contributed by atoms with van der Waals surface area (Å²) in [6.07, 6.45) is -0.0902. The molecule has 0 bridgehead atoms. The SMILES string of the molecule is O=C(Cc1ccccc1F)Nc1ccc(Nc2c(F)cccc2F)cc1. The van der Waals surface area contributed by atoms with E-state index in [1.54, 1.807) is 42.5 Å². The van der Waals surface area contributed by atoms with Gasteiger partial charge in [-0.25, -0.2) is 13.2 Å². The Labute approximate surface area is 148 Å². The van der Waals surface area contributed by atoms with Crippen molar-refractivity contribution in [3.8, 4) is 0 Å². The van der Waals surface area contributed by atoms with Crippen molar-refractivity contribution in [2.24, 2.45) is 0 Å². The molecular formula is C20H15F3N2O. The summed E-state index contributed by atoms with van der Waals surface area (Å²) in [7, 11) is 0. The number of anilines is 3. The van der Waals surface area contributed by atoms with Crippen molar-refractivity contribution in [3.63, 3.8) is 0 Å². The Morgan fingerprint density at radius 3 is 1.96 bits per heavy atom. The highest BCUT2D eigenvalue weighted by Gasteiger charge is 2.10. The molecule has 26 heavy (non-hydrogen) atoms. The molecule has 0 aromatic heterocycles. The molecular weight excluding hydrogens is 341 g/mol.